The van der Waals surface area contributed by atoms with E-state index in [-0.39, 0.29) is 17.4 Å². The minimum Gasteiger partial charge on any atom is -0.478 e. The van der Waals surface area contributed by atoms with Crippen molar-refractivity contribution in [3.8, 4) is 0 Å². The topological polar surface area (TPSA) is 66.4 Å². The Morgan fingerprint density at radius 3 is 2.41 bits per heavy atom. The number of carboxylic acid groups (broad SMARTS) is 1. The van der Waals surface area contributed by atoms with Crippen molar-refractivity contribution in [3.05, 3.63) is 35.4 Å². The zero-order valence-electron chi connectivity index (χ0n) is 9.64. The van der Waals surface area contributed by atoms with Crippen LogP contribution in [0, 0.1) is 11.8 Å². The van der Waals surface area contributed by atoms with Crippen molar-refractivity contribution < 1.29 is 14.7 Å². The molecule has 1 amide bonds. The molecule has 2 atom stereocenters. The van der Waals surface area contributed by atoms with Crippen molar-refractivity contribution in [2.75, 3.05) is 0 Å². The molecule has 2 N–H and O–H groups in total. The van der Waals surface area contributed by atoms with Crippen LogP contribution in [-0.2, 0) is 11.3 Å². The summed E-state index contributed by atoms with van der Waals surface area (Å²) in [5, 5.41) is 11.6. The number of carboxylic acids is 1. The number of nitrogens with one attached hydrogen (secondary N) is 1. The van der Waals surface area contributed by atoms with Crippen LogP contribution >= 0.6 is 0 Å². The number of amides is 1. The van der Waals surface area contributed by atoms with Crippen LogP contribution in [0.15, 0.2) is 24.3 Å². The number of benzene rings is 1. The predicted octanol–water partition coefficient (Wildman–Crippen LogP) is 1.66. The first-order valence-electron chi connectivity index (χ1n) is 5.68. The van der Waals surface area contributed by atoms with Gasteiger partial charge in [0.05, 0.1) is 5.56 Å². The van der Waals surface area contributed by atoms with Gasteiger partial charge < -0.3 is 10.4 Å². The molecule has 1 aromatic carbocycles. The molecule has 0 saturated heterocycles. The molecule has 0 radical (unpaired) electrons. The second-order valence-electron chi connectivity index (χ2n) is 4.54. The number of aromatic carboxylic acids is 1. The van der Waals surface area contributed by atoms with Gasteiger partial charge in [-0.3, -0.25) is 4.79 Å². The van der Waals surface area contributed by atoms with E-state index in [1.807, 2.05) is 0 Å². The molecule has 0 bridgehead atoms. The van der Waals surface area contributed by atoms with Crippen LogP contribution in [-0.4, -0.2) is 17.0 Å². The SMILES string of the molecule is CC1CC1C(=O)NCc1ccc(C(=O)O)cc1. The maximum absolute atomic E-state index is 11.6. The van der Waals surface area contributed by atoms with Gasteiger partial charge in [0.15, 0.2) is 0 Å². The second kappa shape index (κ2) is 4.57. The Morgan fingerprint density at radius 2 is 1.94 bits per heavy atom. The molecule has 0 aromatic heterocycles. The highest BCUT2D eigenvalue weighted by Gasteiger charge is 2.38. The van der Waals surface area contributed by atoms with E-state index in [4.69, 9.17) is 5.11 Å². The highest BCUT2D eigenvalue weighted by molar-refractivity contribution is 5.87. The third kappa shape index (κ3) is 2.84. The monoisotopic (exact) mass is 233 g/mol. The van der Waals surface area contributed by atoms with Gasteiger partial charge in [-0.1, -0.05) is 19.1 Å². The molecule has 90 valence electrons. The van der Waals surface area contributed by atoms with Crippen LogP contribution in [0.3, 0.4) is 0 Å². The lowest BCUT2D eigenvalue weighted by Crippen LogP contribution is -2.24. The van der Waals surface area contributed by atoms with Crippen molar-refractivity contribution in [2.45, 2.75) is 19.9 Å². The molecule has 1 fully saturated rings. The summed E-state index contributed by atoms with van der Waals surface area (Å²) in [5.74, 6) is -0.162. The number of carbonyl (C=O) groups excluding carboxylic acids is 1. The molecule has 0 spiro atoms. The zero-order chi connectivity index (χ0) is 12.4. The Bertz CT molecular complexity index is 438. The summed E-state index contributed by atoms with van der Waals surface area (Å²) >= 11 is 0. The molecule has 1 saturated carbocycles. The van der Waals surface area contributed by atoms with Crippen molar-refractivity contribution in [3.63, 3.8) is 0 Å². The van der Waals surface area contributed by atoms with Crippen molar-refractivity contribution in [1.82, 2.24) is 5.32 Å². The van der Waals surface area contributed by atoms with Crippen molar-refractivity contribution in [2.24, 2.45) is 11.8 Å². The molecule has 0 aliphatic heterocycles. The van der Waals surface area contributed by atoms with Crippen LogP contribution in [0.5, 0.6) is 0 Å². The molecule has 2 unspecified atom stereocenters. The summed E-state index contributed by atoms with van der Waals surface area (Å²) in [7, 11) is 0. The fourth-order valence-electron chi connectivity index (χ4n) is 1.77. The van der Waals surface area contributed by atoms with Crippen LogP contribution in [0.1, 0.15) is 29.3 Å². The maximum atomic E-state index is 11.6. The summed E-state index contributed by atoms with van der Waals surface area (Å²) in [4.78, 5) is 22.2. The van der Waals surface area contributed by atoms with Crippen LogP contribution in [0.2, 0.25) is 0 Å². The van der Waals surface area contributed by atoms with E-state index in [0.29, 0.717) is 12.5 Å². The first-order valence-corrected chi connectivity index (χ1v) is 5.68. The zero-order valence-corrected chi connectivity index (χ0v) is 9.64. The molecule has 0 heterocycles. The van der Waals surface area contributed by atoms with Gasteiger partial charge in [-0.25, -0.2) is 4.79 Å². The van der Waals surface area contributed by atoms with E-state index in [1.165, 1.54) is 0 Å². The first-order chi connectivity index (χ1) is 8.08. The minimum atomic E-state index is -0.938. The Morgan fingerprint density at radius 1 is 1.35 bits per heavy atom. The molecule has 1 aromatic rings. The summed E-state index contributed by atoms with van der Waals surface area (Å²) in [6.45, 7) is 2.52. The molecule has 17 heavy (non-hydrogen) atoms. The van der Waals surface area contributed by atoms with Gasteiger partial charge in [0.2, 0.25) is 5.91 Å². The lowest BCUT2D eigenvalue weighted by molar-refractivity contribution is -0.122. The number of rotatable bonds is 4. The number of hydrogen-bond donors (Lipinski definition) is 2. The average molecular weight is 233 g/mol. The quantitative estimate of drug-likeness (QED) is 0.831. The molecule has 1 aliphatic rings. The van der Waals surface area contributed by atoms with E-state index in [0.717, 1.165) is 12.0 Å². The minimum absolute atomic E-state index is 0.0970. The standard InChI is InChI=1S/C13H15NO3/c1-8-6-11(8)12(15)14-7-9-2-4-10(5-3-9)13(16)17/h2-5,8,11H,6-7H2,1H3,(H,14,15)(H,16,17). The highest BCUT2D eigenvalue weighted by atomic mass is 16.4. The smallest absolute Gasteiger partial charge is 0.335 e. The second-order valence-corrected chi connectivity index (χ2v) is 4.54. The summed E-state index contributed by atoms with van der Waals surface area (Å²) in [6, 6.07) is 6.53. The highest BCUT2D eigenvalue weighted by Crippen LogP contribution is 2.37. The van der Waals surface area contributed by atoms with Crippen LogP contribution in [0.25, 0.3) is 0 Å². The Balaban J connectivity index is 1.86. The van der Waals surface area contributed by atoms with Crippen LogP contribution in [0.4, 0.5) is 0 Å². The normalized spacial score (nSPS) is 21.9. The fourth-order valence-corrected chi connectivity index (χ4v) is 1.77. The van der Waals surface area contributed by atoms with Gasteiger partial charge in [0.25, 0.3) is 0 Å². The lowest BCUT2D eigenvalue weighted by atomic mass is 10.1. The fraction of sp³-hybridized carbons (Fsp3) is 0.385. The van der Waals surface area contributed by atoms with E-state index in [1.54, 1.807) is 24.3 Å². The Labute approximate surface area is 99.6 Å². The van der Waals surface area contributed by atoms with Crippen molar-refractivity contribution in [1.29, 1.82) is 0 Å². The molecule has 2 rings (SSSR count). The third-order valence-corrected chi connectivity index (χ3v) is 3.11. The summed E-state index contributed by atoms with van der Waals surface area (Å²) < 4.78 is 0. The average Bonchev–Trinajstić information content (AvgIpc) is 3.04. The maximum Gasteiger partial charge on any atom is 0.335 e. The van der Waals surface area contributed by atoms with Gasteiger partial charge in [-0.05, 0) is 30.0 Å². The van der Waals surface area contributed by atoms with Gasteiger partial charge in [0.1, 0.15) is 0 Å². The van der Waals surface area contributed by atoms with Crippen molar-refractivity contribution >= 4 is 11.9 Å². The number of carbonyl (C=O) groups is 2. The van der Waals surface area contributed by atoms with Gasteiger partial charge >= 0.3 is 5.97 Å². The molecular formula is C13H15NO3. The summed E-state index contributed by atoms with van der Waals surface area (Å²) in [5.41, 5.74) is 1.17. The first kappa shape index (κ1) is 11.6. The predicted molar refractivity (Wildman–Crippen MR) is 62.5 cm³/mol. The van der Waals surface area contributed by atoms with E-state index >= 15 is 0 Å². The van der Waals surface area contributed by atoms with E-state index < -0.39 is 5.97 Å². The Kier molecular flexibility index (Phi) is 3.13. The van der Waals surface area contributed by atoms with Gasteiger partial charge in [-0.15, -0.1) is 0 Å². The van der Waals surface area contributed by atoms with Crippen LogP contribution < -0.4 is 5.32 Å². The number of hydrogen-bond acceptors (Lipinski definition) is 2. The van der Waals surface area contributed by atoms with E-state index in [9.17, 15) is 9.59 Å². The molecule has 4 nitrogen and oxygen atoms in total. The molecular weight excluding hydrogens is 218 g/mol. The lowest BCUT2D eigenvalue weighted by Gasteiger charge is -2.04. The largest absolute Gasteiger partial charge is 0.478 e. The van der Waals surface area contributed by atoms with Gasteiger partial charge in [-0.2, -0.15) is 0 Å². The van der Waals surface area contributed by atoms with E-state index in [2.05, 4.69) is 12.2 Å². The molecule has 4 heteroatoms. The summed E-state index contributed by atoms with van der Waals surface area (Å²) in [6.07, 6.45) is 0.976. The Hall–Kier alpha value is -1.84. The third-order valence-electron chi connectivity index (χ3n) is 3.11. The molecule has 1 aliphatic carbocycles. The van der Waals surface area contributed by atoms with Gasteiger partial charge in [0, 0.05) is 12.5 Å².